The van der Waals surface area contributed by atoms with Crippen molar-refractivity contribution in [3.05, 3.63) is 53.5 Å². The number of amides is 1. The van der Waals surface area contributed by atoms with E-state index in [1.165, 1.54) is 5.56 Å². The first-order chi connectivity index (χ1) is 13.4. The fraction of sp³-hybridized carbons (Fsp3) is 0.500. The second-order valence-corrected chi connectivity index (χ2v) is 8.82. The SMILES string of the molecule is Cc1cc(N2CCN(C(=O)C(SCc3ccccc3)C(C)C)CC2)nc(C)n1. The van der Waals surface area contributed by atoms with Crippen LogP contribution < -0.4 is 4.90 Å². The molecule has 0 bridgehead atoms. The third-order valence-electron chi connectivity index (χ3n) is 4.99. The molecule has 1 aliphatic rings. The molecule has 0 aliphatic carbocycles. The number of hydrogen-bond acceptors (Lipinski definition) is 5. The van der Waals surface area contributed by atoms with Crippen molar-refractivity contribution in [3.63, 3.8) is 0 Å². The Labute approximate surface area is 172 Å². The lowest BCUT2D eigenvalue weighted by Crippen LogP contribution is -2.52. The first-order valence-electron chi connectivity index (χ1n) is 9.95. The molecule has 0 saturated carbocycles. The Morgan fingerprint density at radius 2 is 1.75 bits per heavy atom. The van der Waals surface area contributed by atoms with Crippen molar-refractivity contribution in [2.24, 2.45) is 5.92 Å². The third-order valence-corrected chi connectivity index (χ3v) is 6.59. The van der Waals surface area contributed by atoms with E-state index in [0.29, 0.717) is 5.92 Å². The van der Waals surface area contributed by atoms with Crippen LogP contribution in [0.15, 0.2) is 36.4 Å². The van der Waals surface area contributed by atoms with Crippen molar-refractivity contribution < 1.29 is 4.79 Å². The summed E-state index contributed by atoms with van der Waals surface area (Å²) in [6, 6.07) is 12.4. The summed E-state index contributed by atoms with van der Waals surface area (Å²) in [6.07, 6.45) is 0. The molecule has 1 aromatic heterocycles. The van der Waals surface area contributed by atoms with Crippen LogP contribution in [0.1, 0.15) is 30.9 Å². The number of benzene rings is 1. The second-order valence-electron chi connectivity index (χ2n) is 7.69. The van der Waals surface area contributed by atoms with Crippen LogP contribution in [0.2, 0.25) is 0 Å². The van der Waals surface area contributed by atoms with Gasteiger partial charge in [0.25, 0.3) is 0 Å². The van der Waals surface area contributed by atoms with Crippen molar-refractivity contribution in [3.8, 4) is 0 Å². The molecule has 1 unspecified atom stereocenters. The van der Waals surface area contributed by atoms with E-state index in [4.69, 9.17) is 0 Å². The Bertz CT molecular complexity index is 768. The van der Waals surface area contributed by atoms with Gasteiger partial charge in [0.1, 0.15) is 11.6 Å². The van der Waals surface area contributed by atoms with Crippen LogP contribution in [0.3, 0.4) is 0 Å². The maximum Gasteiger partial charge on any atom is 0.236 e. The molecular weight excluding hydrogens is 368 g/mol. The molecule has 2 aromatic rings. The molecule has 0 spiro atoms. The van der Waals surface area contributed by atoms with Crippen LogP contribution in [0, 0.1) is 19.8 Å². The van der Waals surface area contributed by atoms with E-state index in [1.54, 1.807) is 11.8 Å². The minimum absolute atomic E-state index is 0.00436. The Balaban J connectivity index is 1.59. The van der Waals surface area contributed by atoms with Crippen LogP contribution in [-0.2, 0) is 10.5 Å². The minimum atomic E-state index is -0.00436. The zero-order chi connectivity index (χ0) is 20.1. The monoisotopic (exact) mass is 398 g/mol. The molecule has 1 fully saturated rings. The summed E-state index contributed by atoms with van der Waals surface area (Å²) < 4.78 is 0. The van der Waals surface area contributed by atoms with Crippen LogP contribution >= 0.6 is 11.8 Å². The van der Waals surface area contributed by atoms with E-state index < -0.39 is 0 Å². The van der Waals surface area contributed by atoms with Gasteiger partial charge in [-0.3, -0.25) is 4.79 Å². The number of aryl methyl sites for hydroxylation is 2. The van der Waals surface area contributed by atoms with Crippen molar-refractivity contribution in [1.82, 2.24) is 14.9 Å². The zero-order valence-electron chi connectivity index (χ0n) is 17.3. The number of nitrogens with zero attached hydrogens (tertiary/aromatic N) is 4. The third kappa shape index (κ3) is 5.25. The molecule has 150 valence electrons. The normalized spacial score (nSPS) is 15.8. The summed E-state index contributed by atoms with van der Waals surface area (Å²) in [6.45, 7) is 11.3. The molecule has 5 nitrogen and oxygen atoms in total. The van der Waals surface area contributed by atoms with Gasteiger partial charge in [0.05, 0.1) is 5.25 Å². The standard InChI is InChI=1S/C22H30N4OS/c1-16(2)21(28-15-19-8-6-5-7-9-19)22(27)26-12-10-25(11-13-26)20-14-17(3)23-18(4)24-20/h5-9,14,16,21H,10-13,15H2,1-4H3. The maximum atomic E-state index is 13.2. The molecule has 6 heteroatoms. The molecule has 1 aromatic carbocycles. The van der Waals surface area contributed by atoms with Crippen molar-refractivity contribution >= 4 is 23.5 Å². The number of aromatic nitrogens is 2. The van der Waals surface area contributed by atoms with Gasteiger partial charge in [0.15, 0.2) is 0 Å². The van der Waals surface area contributed by atoms with Gasteiger partial charge in [0.2, 0.25) is 5.91 Å². The van der Waals surface area contributed by atoms with Crippen molar-refractivity contribution in [2.75, 3.05) is 31.1 Å². The summed E-state index contributed by atoms with van der Waals surface area (Å²) in [5.74, 6) is 3.22. The highest BCUT2D eigenvalue weighted by molar-refractivity contribution is 7.99. The number of anilines is 1. The largest absolute Gasteiger partial charge is 0.353 e. The first kappa shape index (κ1) is 20.6. The van der Waals surface area contributed by atoms with Crippen molar-refractivity contribution in [2.45, 2.75) is 38.7 Å². The van der Waals surface area contributed by atoms with Crippen LogP contribution in [-0.4, -0.2) is 52.2 Å². The summed E-state index contributed by atoms with van der Waals surface area (Å²) in [7, 11) is 0. The van der Waals surface area contributed by atoms with Gasteiger partial charge in [-0.25, -0.2) is 9.97 Å². The van der Waals surface area contributed by atoms with Crippen LogP contribution in [0.25, 0.3) is 0 Å². The Morgan fingerprint density at radius 3 is 2.36 bits per heavy atom. The van der Waals surface area contributed by atoms with Gasteiger partial charge in [-0.1, -0.05) is 44.2 Å². The highest BCUT2D eigenvalue weighted by Gasteiger charge is 2.30. The summed E-state index contributed by atoms with van der Waals surface area (Å²) >= 11 is 1.76. The molecule has 3 rings (SSSR count). The minimum Gasteiger partial charge on any atom is -0.353 e. The molecule has 28 heavy (non-hydrogen) atoms. The lowest BCUT2D eigenvalue weighted by molar-refractivity contribution is -0.131. The highest BCUT2D eigenvalue weighted by Crippen LogP contribution is 2.26. The van der Waals surface area contributed by atoms with Gasteiger partial charge in [-0.2, -0.15) is 0 Å². The van der Waals surface area contributed by atoms with Gasteiger partial charge in [-0.15, -0.1) is 11.8 Å². The zero-order valence-corrected chi connectivity index (χ0v) is 18.1. The topological polar surface area (TPSA) is 49.3 Å². The Kier molecular flexibility index (Phi) is 6.94. The van der Waals surface area contributed by atoms with Crippen molar-refractivity contribution in [1.29, 1.82) is 0 Å². The molecular formula is C22H30N4OS. The summed E-state index contributed by atoms with van der Waals surface area (Å²) in [4.78, 5) is 26.4. The summed E-state index contributed by atoms with van der Waals surface area (Å²) in [5, 5.41) is -0.00436. The lowest BCUT2D eigenvalue weighted by Gasteiger charge is -2.37. The lowest BCUT2D eigenvalue weighted by atomic mass is 10.1. The molecule has 1 atom stereocenters. The number of carbonyl (C=O) groups excluding carboxylic acids is 1. The average molecular weight is 399 g/mol. The molecule has 0 radical (unpaired) electrons. The van der Waals surface area contributed by atoms with E-state index in [1.807, 2.05) is 30.9 Å². The molecule has 1 amide bonds. The quantitative estimate of drug-likeness (QED) is 0.743. The average Bonchev–Trinajstić information content (AvgIpc) is 2.68. The molecule has 1 aliphatic heterocycles. The van der Waals surface area contributed by atoms with E-state index in [9.17, 15) is 4.79 Å². The highest BCUT2D eigenvalue weighted by atomic mass is 32.2. The molecule has 0 N–H and O–H groups in total. The Hall–Kier alpha value is -2.08. The number of carbonyl (C=O) groups is 1. The molecule has 1 saturated heterocycles. The van der Waals surface area contributed by atoms with Gasteiger partial charge in [0, 0.05) is 43.7 Å². The fourth-order valence-electron chi connectivity index (χ4n) is 3.50. The van der Waals surface area contributed by atoms with E-state index in [0.717, 1.165) is 49.3 Å². The Morgan fingerprint density at radius 1 is 1.07 bits per heavy atom. The van der Waals surface area contributed by atoms with Gasteiger partial charge in [-0.05, 0) is 25.3 Å². The number of thioether (sulfide) groups is 1. The number of hydrogen-bond donors (Lipinski definition) is 0. The second kappa shape index (κ2) is 9.41. The first-order valence-corrected chi connectivity index (χ1v) is 11.0. The van der Waals surface area contributed by atoms with Gasteiger partial charge >= 0.3 is 0 Å². The predicted molar refractivity (Wildman–Crippen MR) is 117 cm³/mol. The smallest absolute Gasteiger partial charge is 0.236 e. The van der Waals surface area contributed by atoms with E-state index >= 15 is 0 Å². The van der Waals surface area contributed by atoms with E-state index in [-0.39, 0.29) is 11.2 Å². The van der Waals surface area contributed by atoms with E-state index in [2.05, 4.69) is 53.0 Å². The number of piperazine rings is 1. The van der Waals surface area contributed by atoms with Crippen LogP contribution in [0.5, 0.6) is 0 Å². The molecule has 2 heterocycles. The summed E-state index contributed by atoms with van der Waals surface area (Å²) in [5.41, 5.74) is 2.25. The maximum absolute atomic E-state index is 13.2. The number of rotatable bonds is 6. The van der Waals surface area contributed by atoms with Gasteiger partial charge < -0.3 is 9.80 Å². The predicted octanol–water partition coefficient (Wildman–Crippen LogP) is 3.70. The van der Waals surface area contributed by atoms with Crippen LogP contribution in [0.4, 0.5) is 5.82 Å². The fourth-order valence-corrected chi connectivity index (χ4v) is 4.75.